The van der Waals surface area contributed by atoms with Crippen molar-refractivity contribution in [3.63, 3.8) is 0 Å². The monoisotopic (exact) mass is 268 g/mol. The Labute approximate surface area is 119 Å². The van der Waals surface area contributed by atoms with E-state index in [1.54, 1.807) is 0 Å². The highest BCUT2D eigenvalue weighted by molar-refractivity contribution is 5.03. The third-order valence-corrected chi connectivity index (χ3v) is 2.90. The zero-order chi connectivity index (χ0) is 14.2. The normalized spacial score (nSPS) is 12.2. The van der Waals surface area contributed by atoms with Gasteiger partial charge in [0.15, 0.2) is 6.29 Å². The maximum Gasteiger partial charge on any atom is 0.177 e. The van der Waals surface area contributed by atoms with Gasteiger partial charge in [0, 0.05) is 13.2 Å². The number of unbranched alkanes of at least 4 members (excludes halogenated alkanes) is 6. The molecule has 0 fully saturated rings. The molecule has 0 atom stereocenters. The van der Waals surface area contributed by atoms with Gasteiger partial charge in [-0.2, -0.15) is 0 Å². The summed E-state index contributed by atoms with van der Waals surface area (Å²) < 4.78 is 10.8. The largest absolute Gasteiger partial charge is 0.349 e. The molecule has 19 heavy (non-hydrogen) atoms. The Morgan fingerprint density at radius 2 is 1.42 bits per heavy atom. The molecule has 0 aliphatic rings. The van der Waals surface area contributed by atoms with Crippen molar-refractivity contribution in [1.29, 1.82) is 0 Å². The summed E-state index contributed by atoms with van der Waals surface area (Å²) in [6.45, 7) is 7.57. The summed E-state index contributed by atoms with van der Waals surface area (Å²) in [6, 6.07) is 0. The summed E-state index contributed by atoms with van der Waals surface area (Å²) in [7, 11) is 0. The molecule has 0 unspecified atom stereocenters. The van der Waals surface area contributed by atoms with Crippen LogP contribution in [0.2, 0.25) is 0 Å². The molecule has 0 radical (unpaired) electrons. The minimum atomic E-state index is -0.200. The van der Waals surface area contributed by atoms with Gasteiger partial charge < -0.3 is 9.47 Å². The van der Waals surface area contributed by atoms with Crippen LogP contribution in [0, 0.1) is 0 Å². The smallest absolute Gasteiger partial charge is 0.177 e. The highest BCUT2D eigenvalue weighted by Crippen LogP contribution is 2.07. The van der Waals surface area contributed by atoms with Crippen molar-refractivity contribution in [2.45, 2.75) is 72.0 Å². The number of hydrogen-bond donors (Lipinski definition) is 0. The van der Waals surface area contributed by atoms with E-state index in [0.29, 0.717) is 13.2 Å². The number of hydrogen-bond acceptors (Lipinski definition) is 2. The Morgan fingerprint density at radius 3 is 2.05 bits per heavy atom. The van der Waals surface area contributed by atoms with Crippen LogP contribution in [0.1, 0.15) is 65.7 Å². The average molecular weight is 268 g/mol. The first-order valence-corrected chi connectivity index (χ1v) is 7.91. The second-order valence-electron chi connectivity index (χ2n) is 4.65. The molecule has 0 aromatic rings. The first-order chi connectivity index (χ1) is 9.35. The molecule has 0 aromatic heterocycles. The predicted octanol–water partition coefficient (Wildman–Crippen LogP) is 5.25. The van der Waals surface area contributed by atoms with Crippen LogP contribution in [-0.2, 0) is 9.47 Å². The maximum atomic E-state index is 5.42. The van der Waals surface area contributed by atoms with Crippen LogP contribution in [-0.4, -0.2) is 19.5 Å². The fourth-order valence-corrected chi connectivity index (χ4v) is 1.86. The van der Waals surface area contributed by atoms with Crippen LogP contribution in [0.4, 0.5) is 0 Å². The second kappa shape index (κ2) is 15.5. The van der Waals surface area contributed by atoms with Crippen molar-refractivity contribution < 1.29 is 9.47 Å². The SMILES string of the molecule is CCCCCCCCC=CC=CC(OCC)OCC. The zero-order valence-corrected chi connectivity index (χ0v) is 13.1. The Balaban J connectivity index is 3.53. The number of allylic oxidation sites excluding steroid dienone is 3. The van der Waals surface area contributed by atoms with Crippen molar-refractivity contribution in [3.05, 3.63) is 24.3 Å². The summed E-state index contributed by atoms with van der Waals surface area (Å²) in [4.78, 5) is 0. The van der Waals surface area contributed by atoms with Gasteiger partial charge in [-0.3, -0.25) is 0 Å². The van der Waals surface area contributed by atoms with Crippen molar-refractivity contribution in [2.24, 2.45) is 0 Å². The van der Waals surface area contributed by atoms with E-state index >= 15 is 0 Å². The van der Waals surface area contributed by atoms with Crippen LogP contribution in [0.3, 0.4) is 0 Å². The van der Waals surface area contributed by atoms with Gasteiger partial charge >= 0.3 is 0 Å². The molecule has 0 amide bonds. The predicted molar refractivity (Wildman–Crippen MR) is 83.3 cm³/mol. The third kappa shape index (κ3) is 13.6. The molecule has 112 valence electrons. The first kappa shape index (κ1) is 18.4. The van der Waals surface area contributed by atoms with Crippen LogP contribution in [0.15, 0.2) is 24.3 Å². The molecule has 0 saturated carbocycles. The minimum absolute atomic E-state index is 0.200. The summed E-state index contributed by atoms with van der Waals surface area (Å²) in [6.07, 6.45) is 17.4. The molecule has 0 saturated heterocycles. The molecule has 0 spiro atoms. The van der Waals surface area contributed by atoms with Crippen LogP contribution >= 0.6 is 0 Å². The van der Waals surface area contributed by atoms with Gasteiger partial charge in [-0.15, -0.1) is 0 Å². The van der Waals surface area contributed by atoms with E-state index in [-0.39, 0.29) is 6.29 Å². The van der Waals surface area contributed by atoms with Crippen molar-refractivity contribution in [1.82, 2.24) is 0 Å². The van der Waals surface area contributed by atoms with Gasteiger partial charge in [-0.25, -0.2) is 0 Å². The van der Waals surface area contributed by atoms with Gasteiger partial charge in [-0.05, 0) is 32.8 Å². The lowest BCUT2D eigenvalue weighted by Gasteiger charge is -2.11. The average Bonchev–Trinajstić information content (AvgIpc) is 2.41. The van der Waals surface area contributed by atoms with Crippen molar-refractivity contribution in [2.75, 3.05) is 13.2 Å². The lowest BCUT2D eigenvalue weighted by Crippen LogP contribution is -2.13. The van der Waals surface area contributed by atoms with E-state index in [1.165, 1.54) is 44.9 Å². The standard InChI is InChI=1S/C17H32O2/c1-4-7-8-9-10-11-12-13-14-15-16-17(18-5-2)19-6-3/h13-17H,4-12H2,1-3H3. The van der Waals surface area contributed by atoms with Crippen LogP contribution in [0.5, 0.6) is 0 Å². The molecule has 0 aromatic carbocycles. The van der Waals surface area contributed by atoms with Crippen molar-refractivity contribution >= 4 is 0 Å². The molecule has 0 rings (SSSR count). The van der Waals surface area contributed by atoms with E-state index in [2.05, 4.69) is 19.1 Å². The quantitative estimate of drug-likeness (QED) is 0.258. The Hall–Kier alpha value is -0.600. The highest BCUT2D eigenvalue weighted by Gasteiger charge is 2.00. The Morgan fingerprint density at radius 1 is 0.789 bits per heavy atom. The minimum Gasteiger partial charge on any atom is -0.349 e. The topological polar surface area (TPSA) is 18.5 Å². The van der Waals surface area contributed by atoms with E-state index in [0.717, 1.165) is 0 Å². The van der Waals surface area contributed by atoms with Crippen LogP contribution in [0.25, 0.3) is 0 Å². The molecule has 0 aliphatic carbocycles. The van der Waals surface area contributed by atoms with Crippen LogP contribution < -0.4 is 0 Å². The maximum absolute atomic E-state index is 5.42. The van der Waals surface area contributed by atoms with Gasteiger partial charge in [0.25, 0.3) is 0 Å². The van der Waals surface area contributed by atoms with Gasteiger partial charge in [0.05, 0.1) is 0 Å². The number of ether oxygens (including phenoxy) is 2. The first-order valence-electron chi connectivity index (χ1n) is 7.91. The van der Waals surface area contributed by atoms with Gasteiger partial charge in [0.2, 0.25) is 0 Å². The second-order valence-corrected chi connectivity index (χ2v) is 4.65. The lowest BCUT2D eigenvalue weighted by molar-refractivity contribution is -0.103. The van der Waals surface area contributed by atoms with E-state index in [4.69, 9.17) is 9.47 Å². The van der Waals surface area contributed by atoms with E-state index < -0.39 is 0 Å². The molecule has 0 aliphatic heterocycles. The lowest BCUT2D eigenvalue weighted by atomic mass is 10.1. The van der Waals surface area contributed by atoms with E-state index in [1.807, 2.05) is 26.0 Å². The van der Waals surface area contributed by atoms with Crippen molar-refractivity contribution in [3.8, 4) is 0 Å². The summed E-state index contributed by atoms with van der Waals surface area (Å²) in [5.41, 5.74) is 0. The molecule has 0 N–H and O–H groups in total. The highest BCUT2D eigenvalue weighted by atomic mass is 16.7. The fraction of sp³-hybridized carbons (Fsp3) is 0.765. The Kier molecular flexibility index (Phi) is 15.0. The molecule has 0 bridgehead atoms. The molecule has 2 heteroatoms. The molecular formula is C17H32O2. The number of rotatable bonds is 13. The summed E-state index contributed by atoms with van der Waals surface area (Å²) in [5, 5.41) is 0. The zero-order valence-electron chi connectivity index (χ0n) is 13.1. The van der Waals surface area contributed by atoms with Gasteiger partial charge in [-0.1, -0.05) is 57.3 Å². The Bertz CT molecular complexity index is 215. The summed E-state index contributed by atoms with van der Waals surface area (Å²) >= 11 is 0. The fourth-order valence-electron chi connectivity index (χ4n) is 1.86. The third-order valence-electron chi connectivity index (χ3n) is 2.90. The summed E-state index contributed by atoms with van der Waals surface area (Å²) in [5.74, 6) is 0. The molecular weight excluding hydrogens is 236 g/mol. The van der Waals surface area contributed by atoms with E-state index in [9.17, 15) is 0 Å². The molecule has 2 nitrogen and oxygen atoms in total. The van der Waals surface area contributed by atoms with Gasteiger partial charge in [0.1, 0.15) is 0 Å². The molecule has 0 heterocycles.